The average molecular weight is 397 g/mol. The first kappa shape index (κ1) is 20.2. The summed E-state index contributed by atoms with van der Waals surface area (Å²) in [7, 11) is 1.70. The first-order valence-corrected chi connectivity index (χ1v) is 9.38. The molecule has 3 aromatic rings. The summed E-state index contributed by atoms with van der Waals surface area (Å²) in [5.74, 6) is 1.57. The Labute approximate surface area is 168 Å². The lowest BCUT2D eigenvalue weighted by Crippen LogP contribution is -2.30. The molecular formula is C20H24FN7O. The number of carbonyl (C=O) groups is 1. The van der Waals surface area contributed by atoms with E-state index in [9.17, 15) is 9.18 Å². The number of nitrogens with zero attached hydrogens (tertiary/aromatic N) is 4. The number of halogens is 1. The van der Waals surface area contributed by atoms with Crippen LogP contribution < -0.4 is 16.0 Å². The van der Waals surface area contributed by atoms with Gasteiger partial charge in [-0.25, -0.2) is 14.4 Å². The third-order valence-electron chi connectivity index (χ3n) is 4.16. The molecule has 29 heavy (non-hydrogen) atoms. The van der Waals surface area contributed by atoms with Gasteiger partial charge < -0.3 is 16.0 Å². The molecule has 9 heteroatoms. The summed E-state index contributed by atoms with van der Waals surface area (Å²) in [5, 5.41) is 13.5. The highest BCUT2D eigenvalue weighted by molar-refractivity contribution is 5.93. The van der Waals surface area contributed by atoms with Gasteiger partial charge in [0.15, 0.2) is 0 Å². The molecule has 2 heterocycles. The van der Waals surface area contributed by atoms with Crippen LogP contribution in [0.3, 0.4) is 0 Å². The van der Waals surface area contributed by atoms with Crippen molar-refractivity contribution in [3.8, 4) is 11.3 Å². The number of amides is 1. The summed E-state index contributed by atoms with van der Waals surface area (Å²) in [5.41, 5.74) is 1.79. The van der Waals surface area contributed by atoms with Gasteiger partial charge in [0.25, 0.3) is 5.91 Å². The lowest BCUT2D eigenvalue weighted by Gasteiger charge is -2.10. The van der Waals surface area contributed by atoms with Crippen molar-refractivity contribution >= 4 is 17.5 Å². The molecule has 3 N–H and O–H groups in total. The monoisotopic (exact) mass is 397 g/mol. The number of anilines is 2. The van der Waals surface area contributed by atoms with Crippen molar-refractivity contribution in [3.63, 3.8) is 0 Å². The average Bonchev–Trinajstić information content (AvgIpc) is 3.07. The summed E-state index contributed by atoms with van der Waals surface area (Å²) >= 11 is 0. The molecule has 0 saturated heterocycles. The molecule has 152 valence electrons. The standard InChI is InChI=1S/C20H24FN7O/c1-4-22-18-12-19(26-13(2)25-18)23-9-10-24-20(29)17-11-16(27-28(17)3)14-5-7-15(21)8-6-14/h5-8,11-12H,4,9-10H2,1-3H3,(H,24,29)(H2,22,23,25,26). The number of benzene rings is 1. The van der Waals surface area contributed by atoms with E-state index >= 15 is 0 Å². The van der Waals surface area contributed by atoms with Gasteiger partial charge in [0, 0.05) is 38.3 Å². The maximum absolute atomic E-state index is 13.1. The van der Waals surface area contributed by atoms with Gasteiger partial charge in [0.1, 0.15) is 29.0 Å². The van der Waals surface area contributed by atoms with Crippen molar-refractivity contribution in [2.75, 3.05) is 30.3 Å². The highest BCUT2D eigenvalue weighted by Crippen LogP contribution is 2.19. The quantitative estimate of drug-likeness (QED) is 0.506. The first-order valence-electron chi connectivity index (χ1n) is 9.38. The Hall–Kier alpha value is -3.49. The van der Waals surface area contributed by atoms with Crippen LogP contribution in [0, 0.1) is 12.7 Å². The lowest BCUT2D eigenvalue weighted by molar-refractivity contribution is 0.0946. The van der Waals surface area contributed by atoms with Gasteiger partial charge >= 0.3 is 0 Å². The zero-order valence-corrected chi connectivity index (χ0v) is 16.7. The van der Waals surface area contributed by atoms with Crippen molar-refractivity contribution in [3.05, 3.63) is 53.7 Å². The molecule has 1 amide bonds. The predicted molar refractivity (Wildman–Crippen MR) is 110 cm³/mol. The Morgan fingerprint density at radius 2 is 1.76 bits per heavy atom. The molecule has 0 spiro atoms. The van der Waals surface area contributed by atoms with E-state index in [2.05, 4.69) is 31.0 Å². The fraction of sp³-hybridized carbons (Fsp3) is 0.300. The number of aryl methyl sites for hydroxylation is 2. The van der Waals surface area contributed by atoms with Crippen LogP contribution in [0.4, 0.5) is 16.0 Å². The molecule has 2 aromatic heterocycles. The highest BCUT2D eigenvalue weighted by atomic mass is 19.1. The zero-order valence-electron chi connectivity index (χ0n) is 16.7. The molecular weight excluding hydrogens is 373 g/mol. The lowest BCUT2D eigenvalue weighted by atomic mass is 10.1. The maximum Gasteiger partial charge on any atom is 0.269 e. The van der Waals surface area contributed by atoms with Gasteiger partial charge in [-0.1, -0.05) is 0 Å². The molecule has 0 unspecified atom stereocenters. The summed E-state index contributed by atoms with van der Waals surface area (Å²) in [4.78, 5) is 21.1. The topological polar surface area (TPSA) is 96.8 Å². The summed E-state index contributed by atoms with van der Waals surface area (Å²) in [6.07, 6.45) is 0. The van der Waals surface area contributed by atoms with Crippen LogP contribution in [0.2, 0.25) is 0 Å². The van der Waals surface area contributed by atoms with Crippen LogP contribution >= 0.6 is 0 Å². The van der Waals surface area contributed by atoms with Gasteiger partial charge in [0.05, 0.1) is 5.69 Å². The van der Waals surface area contributed by atoms with Gasteiger partial charge in [-0.05, 0) is 44.2 Å². The van der Waals surface area contributed by atoms with E-state index in [4.69, 9.17) is 0 Å². The maximum atomic E-state index is 13.1. The number of hydrogen-bond acceptors (Lipinski definition) is 6. The Morgan fingerprint density at radius 1 is 1.07 bits per heavy atom. The summed E-state index contributed by atoms with van der Waals surface area (Å²) < 4.78 is 14.6. The van der Waals surface area contributed by atoms with Gasteiger partial charge in [-0.3, -0.25) is 9.48 Å². The van der Waals surface area contributed by atoms with Crippen LogP contribution in [0.15, 0.2) is 36.4 Å². The first-order chi connectivity index (χ1) is 14.0. The number of rotatable bonds is 8. The molecule has 0 atom stereocenters. The molecule has 0 fully saturated rings. The summed E-state index contributed by atoms with van der Waals surface area (Å²) in [6, 6.07) is 9.52. The van der Waals surface area contributed by atoms with Crippen LogP contribution in [0.25, 0.3) is 11.3 Å². The molecule has 0 bridgehead atoms. The molecule has 0 saturated carbocycles. The second-order valence-electron chi connectivity index (χ2n) is 6.44. The molecule has 3 rings (SSSR count). The Bertz CT molecular complexity index is 985. The van der Waals surface area contributed by atoms with Crippen molar-refractivity contribution in [1.29, 1.82) is 0 Å². The minimum atomic E-state index is -0.313. The van der Waals surface area contributed by atoms with Crippen LogP contribution in [-0.2, 0) is 7.05 Å². The smallest absolute Gasteiger partial charge is 0.269 e. The van der Waals surface area contributed by atoms with E-state index in [0.29, 0.717) is 36.1 Å². The van der Waals surface area contributed by atoms with Gasteiger partial charge in [-0.2, -0.15) is 5.10 Å². The van der Waals surface area contributed by atoms with E-state index in [-0.39, 0.29) is 11.7 Å². The fourth-order valence-corrected chi connectivity index (χ4v) is 2.83. The minimum Gasteiger partial charge on any atom is -0.370 e. The van der Waals surface area contributed by atoms with Crippen molar-refractivity contribution in [2.45, 2.75) is 13.8 Å². The molecule has 0 radical (unpaired) electrons. The number of hydrogen-bond donors (Lipinski definition) is 3. The Balaban J connectivity index is 1.55. The van der Waals surface area contributed by atoms with Crippen LogP contribution in [0.1, 0.15) is 23.2 Å². The highest BCUT2D eigenvalue weighted by Gasteiger charge is 2.14. The molecule has 8 nitrogen and oxygen atoms in total. The molecule has 0 aliphatic heterocycles. The largest absolute Gasteiger partial charge is 0.370 e. The van der Waals surface area contributed by atoms with E-state index < -0.39 is 0 Å². The number of nitrogens with one attached hydrogen (secondary N) is 3. The minimum absolute atomic E-state index is 0.234. The normalized spacial score (nSPS) is 10.6. The second-order valence-corrected chi connectivity index (χ2v) is 6.44. The zero-order chi connectivity index (χ0) is 20.8. The van der Waals surface area contributed by atoms with Crippen molar-refractivity contribution in [2.24, 2.45) is 7.05 Å². The van der Waals surface area contributed by atoms with E-state index in [0.717, 1.165) is 17.9 Å². The third kappa shape index (κ3) is 5.28. The van der Waals surface area contributed by atoms with Crippen molar-refractivity contribution < 1.29 is 9.18 Å². The number of aromatic nitrogens is 4. The molecule has 1 aromatic carbocycles. The summed E-state index contributed by atoms with van der Waals surface area (Å²) in [6.45, 7) is 5.53. The SMILES string of the molecule is CCNc1cc(NCCNC(=O)c2cc(-c3ccc(F)cc3)nn2C)nc(C)n1. The van der Waals surface area contributed by atoms with E-state index in [1.54, 1.807) is 25.2 Å². The van der Waals surface area contributed by atoms with Crippen LogP contribution in [0.5, 0.6) is 0 Å². The predicted octanol–water partition coefficient (Wildman–Crippen LogP) is 2.60. The molecule has 0 aliphatic carbocycles. The Kier molecular flexibility index (Phi) is 6.38. The van der Waals surface area contributed by atoms with Gasteiger partial charge in [-0.15, -0.1) is 0 Å². The Morgan fingerprint density at radius 3 is 2.45 bits per heavy atom. The number of carbonyl (C=O) groups excluding carboxylic acids is 1. The van der Waals surface area contributed by atoms with Gasteiger partial charge in [0.2, 0.25) is 0 Å². The van der Waals surface area contributed by atoms with E-state index in [1.807, 2.05) is 19.9 Å². The van der Waals surface area contributed by atoms with E-state index in [1.165, 1.54) is 16.8 Å². The molecule has 0 aliphatic rings. The third-order valence-corrected chi connectivity index (χ3v) is 4.16. The van der Waals surface area contributed by atoms with Crippen molar-refractivity contribution in [1.82, 2.24) is 25.1 Å². The van der Waals surface area contributed by atoms with Crippen LogP contribution in [-0.4, -0.2) is 45.3 Å². The fourth-order valence-electron chi connectivity index (χ4n) is 2.83. The second kappa shape index (κ2) is 9.13.